The van der Waals surface area contributed by atoms with E-state index in [4.69, 9.17) is 9.47 Å². The van der Waals surface area contributed by atoms with Crippen molar-refractivity contribution >= 4 is 40.1 Å². The molecule has 8 heteroatoms. The van der Waals surface area contributed by atoms with Crippen molar-refractivity contribution in [1.29, 1.82) is 0 Å². The quantitative estimate of drug-likeness (QED) is 0.444. The van der Waals surface area contributed by atoms with E-state index in [1.54, 1.807) is 32.4 Å². The Balaban J connectivity index is 1.87. The standard InChI is InChI=1S/C22H25N5O3/c1-4-15-6-5-7-16(10-15)26-22-17-11-19(27-21(28)13-23-8-9-29-2)20(30-3)12-18(17)24-14-25-22/h4-7,10-12,14,23H,1,8-9,13H2,2-3H3,(H,27,28)(H,24,25,26). The number of anilines is 3. The Labute approximate surface area is 175 Å². The number of carbonyl (C=O) groups excluding carboxylic acids is 1. The average Bonchev–Trinajstić information content (AvgIpc) is 2.77. The Morgan fingerprint density at radius 2 is 2.07 bits per heavy atom. The number of nitrogens with zero attached hydrogens (tertiary/aromatic N) is 2. The first-order chi connectivity index (χ1) is 14.6. The van der Waals surface area contributed by atoms with Crippen molar-refractivity contribution in [3.8, 4) is 5.75 Å². The highest BCUT2D eigenvalue weighted by Crippen LogP contribution is 2.33. The van der Waals surface area contributed by atoms with Crippen LogP contribution in [0.1, 0.15) is 5.56 Å². The highest BCUT2D eigenvalue weighted by atomic mass is 16.5. The minimum absolute atomic E-state index is 0.162. The summed E-state index contributed by atoms with van der Waals surface area (Å²) in [5.74, 6) is 0.956. The lowest BCUT2D eigenvalue weighted by molar-refractivity contribution is -0.115. The number of amides is 1. The van der Waals surface area contributed by atoms with Crippen LogP contribution in [0, 0.1) is 0 Å². The smallest absolute Gasteiger partial charge is 0.238 e. The maximum atomic E-state index is 12.3. The number of nitrogens with one attached hydrogen (secondary N) is 3. The van der Waals surface area contributed by atoms with Crippen LogP contribution in [0.5, 0.6) is 5.75 Å². The lowest BCUT2D eigenvalue weighted by Crippen LogP contribution is -2.30. The maximum Gasteiger partial charge on any atom is 0.238 e. The molecule has 0 aliphatic heterocycles. The van der Waals surface area contributed by atoms with Gasteiger partial charge >= 0.3 is 0 Å². The van der Waals surface area contributed by atoms with Gasteiger partial charge in [0.25, 0.3) is 0 Å². The number of hydrogen-bond acceptors (Lipinski definition) is 7. The van der Waals surface area contributed by atoms with Crippen LogP contribution in [0.15, 0.2) is 49.3 Å². The number of fused-ring (bicyclic) bond motifs is 1. The van der Waals surface area contributed by atoms with Crippen molar-refractivity contribution < 1.29 is 14.3 Å². The fraction of sp³-hybridized carbons (Fsp3) is 0.227. The van der Waals surface area contributed by atoms with Crippen LogP contribution in [0.2, 0.25) is 0 Å². The normalized spacial score (nSPS) is 10.6. The van der Waals surface area contributed by atoms with Gasteiger partial charge in [-0.05, 0) is 23.8 Å². The third kappa shape index (κ3) is 5.31. The summed E-state index contributed by atoms with van der Waals surface area (Å²) in [6.07, 6.45) is 3.27. The molecule has 0 aliphatic carbocycles. The Morgan fingerprint density at radius 3 is 2.83 bits per heavy atom. The molecule has 0 saturated heterocycles. The summed E-state index contributed by atoms with van der Waals surface area (Å²) < 4.78 is 10.4. The predicted molar refractivity (Wildman–Crippen MR) is 119 cm³/mol. The van der Waals surface area contributed by atoms with E-state index in [1.165, 1.54) is 6.33 Å². The largest absolute Gasteiger partial charge is 0.494 e. The second-order valence-corrected chi connectivity index (χ2v) is 6.46. The lowest BCUT2D eigenvalue weighted by Gasteiger charge is -2.14. The average molecular weight is 407 g/mol. The molecule has 2 aromatic carbocycles. The molecule has 0 aliphatic rings. The molecule has 3 aromatic rings. The first-order valence-corrected chi connectivity index (χ1v) is 9.46. The monoisotopic (exact) mass is 407 g/mol. The molecular weight excluding hydrogens is 382 g/mol. The Morgan fingerprint density at radius 1 is 1.20 bits per heavy atom. The van der Waals surface area contributed by atoms with Crippen molar-refractivity contribution in [2.24, 2.45) is 0 Å². The van der Waals surface area contributed by atoms with Gasteiger partial charge in [0, 0.05) is 30.8 Å². The molecule has 0 saturated carbocycles. The second-order valence-electron chi connectivity index (χ2n) is 6.46. The highest BCUT2D eigenvalue weighted by molar-refractivity contribution is 6.00. The molecule has 1 amide bonds. The zero-order valence-corrected chi connectivity index (χ0v) is 17.1. The summed E-state index contributed by atoms with van der Waals surface area (Å²) in [7, 11) is 3.16. The molecule has 0 fully saturated rings. The van der Waals surface area contributed by atoms with E-state index in [9.17, 15) is 4.79 Å². The molecule has 0 atom stereocenters. The first-order valence-electron chi connectivity index (χ1n) is 9.46. The SMILES string of the molecule is C=Cc1cccc(Nc2ncnc3cc(OC)c(NC(=O)CNCCOC)cc23)c1. The van der Waals surface area contributed by atoms with Gasteiger partial charge in [-0.15, -0.1) is 0 Å². The maximum absolute atomic E-state index is 12.3. The second kappa shape index (κ2) is 10.3. The van der Waals surface area contributed by atoms with E-state index in [-0.39, 0.29) is 12.5 Å². The van der Waals surface area contributed by atoms with Gasteiger partial charge in [-0.25, -0.2) is 9.97 Å². The number of carbonyl (C=O) groups is 1. The molecule has 3 rings (SSSR count). The molecule has 1 aromatic heterocycles. The zero-order valence-electron chi connectivity index (χ0n) is 17.1. The van der Waals surface area contributed by atoms with Gasteiger partial charge in [-0.1, -0.05) is 24.8 Å². The van der Waals surface area contributed by atoms with E-state index in [2.05, 4.69) is 32.5 Å². The van der Waals surface area contributed by atoms with E-state index < -0.39 is 0 Å². The van der Waals surface area contributed by atoms with E-state index in [0.717, 1.165) is 16.6 Å². The van der Waals surface area contributed by atoms with E-state index in [1.807, 2.05) is 24.3 Å². The van der Waals surface area contributed by atoms with Gasteiger partial charge in [-0.3, -0.25) is 4.79 Å². The Hall–Kier alpha value is -3.49. The number of rotatable bonds is 10. The van der Waals surface area contributed by atoms with Crippen LogP contribution in [0.4, 0.5) is 17.2 Å². The number of hydrogen-bond donors (Lipinski definition) is 3. The molecule has 156 valence electrons. The van der Waals surface area contributed by atoms with Crippen LogP contribution in [-0.4, -0.2) is 49.8 Å². The fourth-order valence-corrected chi connectivity index (χ4v) is 2.90. The van der Waals surface area contributed by atoms with Gasteiger partial charge in [-0.2, -0.15) is 0 Å². The molecule has 0 unspecified atom stereocenters. The summed E-state index contributed by atoms with van der Waals surface area (Å²) in [6.45, 7) is 5.08. The fourth-order valence-electron chi connectivity index (χ4n) is 2.90. The molecule has 0 bridgehead atoms. The summed E-state index contributed by atoms with van der Waals surface area (Å²) in [6, 6.07) is 11.4. The molecule has 1 heterocycles. The van der Waals surface area contributed by atoms with E-state index in [0.29, 0.717) is 35.9 Å². The van der Waals surface area contributed by atoms with Crippen LogP contribution in [-0.2, 0) is 9.53 Å². The lowest BCUT2D eigenvalue weighted by atomic mass is 10.1. The Kier molecular flexibility index (Phi) is 7.31. The molecule has 8 nitrogen and oxygen atoms in total. The summed E-state index contributed by atoms with van der Waals surface area (Å²) in [5.41, 5.74) is 3.10. The molecule has 3 N–H and O–H groups in total. The van der Waals surface area contributed by atoms with Gasteiger partial charge in [0.2, 0.25) is 5.91 Å². The zero-order chi connectivity index (χ0) is 21.3. The molecule has 0 radical (unpaired) electrons. The number of ether oxygens (including phenoxy) is 2. The van der Waals surface area contributed by atoms with Gasteiger partial charge < -0.3 is 25.4 Å². The number of benzene rings is 2. The number of methoxy groups -OCH3 is 2. The summed E-state index contributed by atoms with van der Waals surface area (Å²) >= 11 is 0. The minimum atomic E-state index is -0.186. The van der Waals surface area contributed by atoms with Crippen LogP contribution < -0.4 is 20.7 Å². The van der Waals surface area contributed by atoms with Crippen molar-refractivity contribution in [2.45, 2.75) is 0 Å². The minimum Gasteiger partial charge on any atom is -0.494 e. The molecular formula is C22H25N5O3. The molecule has 0 spiro atoms. The Bertz CT molecular complexity index is 1040. The third-order valence-corrected chi connectivity index (χ3v) is 4.38. The number of aromatic nitrogens is 2. The third-order valence-electron chi connectivity index (χ3n) is 4.38. The van der Waals surface area contributed by atoms with Crippen LogP contribution >= 0.6 is 0 Å². The topological polar surface area (TPSA) is 97.4 Å². The van der Waals surface area contributed by atoms with Crippen molar-refractivity contribution in [3.63, 3.8) is 0 Å². The van der Waals surface area contributed by atoms with Crippen molar-refractivity contribution in [1.82, 2.24) is 15.3 Å². The van der Waals surface area contributed by atoms with Gasteiger partial charge in [0.05, 0.1) is 31.5 Å². The summed E-state index contributed by atoms with van der Waals surface area (Å²) in [4.78, 5) is 21.0. The first kappa shape index (κ1) is 21.2. The molecule has 30 heavy (non-hydrogen) atoms. The summed E-state index contributed by atoms with van der Waals surface area (Å²) in [5, 5.41) is 9.95. The van der Waals surface area contributed by atoms with E-state index >= 15 is 0 Å². The predicted octanol–water partition coefficient (Wildman–Crippen LogP) is 3.20. The van der Waals surface area contributed by atoms with Gasteiger partial charge in [0.15, 0.2) is 0 Å². The van der Waals surface area contributed by atoms with Crippen molar-refractivity contribution in [2.75, 3.05) is 44.5 Å². The van der Waals surface area contributed by atoms with Crippen LogP contribution in [0.3, 0.4) is 0 Å². The van der Waals surface area contributed by atoms with Crippen LogP contribution in [0.25, 0.3) is 17.0 Å². The van der Waals surface area contributed by atoms with Gasteiger partial charge in [0.1, 0.15) is 17.9 Å². The highest BCUT2D eigenvalue weighted by Gasteiger charge is 2.13. The van der Waals surface area contributed by atoms with Crippen molar-refractivity contribution in [3.05, 3.63) is 54.9 Å².